The molecule has 2 fully saturated rings. The number of amides is 1. The van der Waals surface area contributed by atoms with Crippen molar-refractivity contribution in [3.05, 3.63) is 64.8 Å². The van der Waals surface area contributed by atoms with E-state index in [9.17, 15) is 14.7 Å². The molecule has 2 aromatic carbocycles. The first-order valence-corrected chi connectivity index (χ1v) is 13.9. The molecule has 1 saturated heterocycles. The van der Waals surface area contributed by atoms with E-state index in [1.807, 2.05) is 18.2 Å². The number of carbonyl (C=O) groups excluding carboxylic acids is 2. The molecule has 212 valence electrons. The van der Waals surface area contributed by atoms with Gasteiger partial charge in [0, 0.05) is 29.4 Å². The zero-order valence-corrected chi connectivity index (χ0v) is 28.3. The van der Waals surface area contributed by atoms with Crippen LogP contribution in [0.3, 0.4) is 0 Å². The van der Waals surface area contributed by atoms with Crippen LogP contribution < -0.4 is 70.9 Å². The summed E-state index contributed by atoms with van der Waals surface area (Å²) in [5.41, 5.74) is 4.37. The minimum Gasteiger partial charge on any atom is -0.548 e. The van der Waals surface area contributed by atoms with Crippen molar-refractivity contribution >= 4 is 57.6 Å². The predicted octanol–water partition coefficient (Wildman–Crippen LogP) is 0.933. The van der Waals surface area contributed by atoms with Crippen molar-refractivity contribution in [1.82, 2.24) is 4.90 Å². The molecule has 1 aliphatic carbocycles. The number of thiocarbonyl (C=S) groups is 1. The molecule has 12 heteroatoms. The first kappa shape index (κ1) is 33.6. The van der Waals surface area contributed by atoms with E-state index in [0.717, 1.165) is 52.9 Å². The second-order valence-corrected chi connectivity index (χ2v) is 11.1. The number of hydrogen-bond acceptors (Lipinski definition) is 10. The minimum absolute atomic E-state index is 0. The molecule has 0 spiro atoms. The average molecular weight is 623 g/mol. The summed E-state index contributed by atoms with van der Waals surface area (Å²) in [5.74, 6) is 0.600. The zero-order chi connectivity index (χ0) is 29.0. The number of aliphatic carboxylic acids is 1. The molecule has 2 heterocycles. The third-order valence-electron chi connectivity index (χ3n) is 6.94. The van der Waals surface area contributed by atoms with E-state index >= 15 is 0 Å². The maximum Gasteiger partial charge on any atom is 1.00 e. The summed E-state index contributed by atoms with van der Waals surface area (Å²) in [6, 6.07) is 12.6. The molecule has 5 rings (SSSR count). The molecule has 2 unspecified atom stereocenters. The van der Waals surface area contributed by atoms with Crippen LogP contribution in [0.1, 0.15) is 43.2 Å². The number of rotatable bonds is 8. The van der Waals surface area contributed by atoms with E-state index in [0.29, 0.717) is 34.1 Å². The Morgan fingerprint density at radius 2 is 1.93 bits per heavy atom. The van der Waals surface area contributed by atoms with Gasteiger partial charge in [0.25, 0.3) is 5.91 Å². The van der Waals surface area contributed by atoms with Crippen molar-refractivity contribution in [2.75, 3.05) is 32.5 Å². The van der Waals surface area contributed by atoms with Gasteiger partial charge < -0.3 is 34.1 Å². The van der Waals surface area contributed by atoms with Crippen LogP contribution in [0, 0.1) is 0 Å². The summed E-state index contributed by atoms with van der Waals surface area (Å²) in [6.07, 6.45) is 5.16. The van der Waals surface area contributed by atoms with Crippen LogP contribution in [-0.2, 0) is 14.3 Å². The van der Waals surface area contributed by atoms with E-state index < -0.39 is 18.4 Å². The van der Waals surface area contributed by atoms with E-state index in [4.69, 9.17) is 26.8 Å². The Labute approximate surface area is 291 Å². The fourth-order valence-electron chi connectivity index (χ4n) is 5.30. The molecule has 41 heavy (non-hydrogen) atoms. The predicted molar refractivity (Wildman–Crippen MR) is 156 cm³/mol. The molecule has 1 saturated carbocycles. The third kappa shape index (κ3) is 7.55. The van der Waals surface area contributed by atoms with Gasteiger partial charge in [-0.1, -0.05) is 43.0 Å². The number of aliphatic hydroxyl groups is 1. The van der Waals surface area contributed by atoms with Crippen molar-refractivity contribution in [3.8, 4) is 11.5 Å². The van der Waals surface area contributed by atoms with E-state index in [1.165, 1.54) is 5.56 Å². The number of anilines is 2. The Morgan fingerprint density at radius 1 is 1.20 bits per heavy atom. The number of nitrogens with zero attached hydrogens (tertiary/aromatic N) is 2. The van der Waals surface area contributed by atoms with Crippen LogP contribution in [0.15, 0.2) is 53.6 Å². The smallest absolute Gasteiger partial charge is 0.548 e. The molecule has 1 N–H and O–H groups in total. The van der Waals surface area contributed by atoms with Gasteiger partial charge in [-0.25, -0.2) is 0 Å². The second kappa shape index (κ2) is 15.0. The fourth-order valence-corrected chi connectivity index (χ4v) is 6.56. The van der Waals surface area contributed by atoms with Gasteiger partial charge >= 0.3 is 51.4 Å². The minimum atomic E-state index is -1.34. The molecule has 2 atom stereocenters. The Balaban J connectivity index is 0.000000599. The van der Waals surface area contributed by atoms with Crippen LogP contribution in [0.4, 0.5) is 11.4 Å². The van der Waals surface area contributed by atoms with Crippen LogP contribution >= 0.6 is 24.0 Å². The molecular formula is C29H31KN2O7S2. The molecular weight excluding hydrogens is 592 g/mol. The Bertz CT molecular complexity index is 1370. The zero-order valence-electron chi connectivity index (χ0n) is 23.5. The van der Waals surface area contributed by atoms with Crippen LogP contribution in [0.5, 0.6) is 11.5 Å². The summed E-state index contributed by atoms with van der Waals surface area (Å²) < 4.78 is 15.6. The van der Waals surface area contributed by atoms with E-state index in [2.05, 4.69) is 34.4 Å². The number of allylic oxidation sites excluding steroid dienone is 1. The summed E-state index contributed by atoms with van der Waals surface area (Å²) >= 11 is 6.31. The SMILES string of the molecule is C=C(C)OCO.COc1ccc(N2c3ccc(/C=C4\SC(=S)N(CC(=O)[O-])C4=O)cc3C3CCCC32)cc1OC.[K+]. The average Bonchev–Trinajstić information content (AvgIpc) is 3.58. The molecule has 0 aromatic heterocycles. The summed E-state index contributed by atoms with van der Waals surface area (Å²) in [7, 11) is 3.27. The number of carboxylic acids is 1. The van der Waals surface area contributed by atoms with E-state index in [-0.39, 0.29) is 62.5 Å². The maximum atomic E-state index is 12.6. The van der Waals surface area contributed by atoms with Gasteiger partial charge in [-0.15, -0.1) is 0 Å². The molecule has 2 aromatic rings. The standard InChI is InChI=1S/C25H24N2O5S2.C4H8O2.K/c1-31-20-9-7-15(12-21(20)32-2)27-18-5-3-4-16(18)17-10-14(6-8-19(17)27)11-22-24(30)26(13-23(28)29)25(33)34-22;1-4(2)6-3-5;/h6-12,16,18H,3-5,13H2,1-2H3,(H,28,29);5H,1,3H2,2H3;/q;;+1/p-1/b22-11-;;. The maximum absolute atomic E-state index is 12.6. The van der Waals surface area contributed by atoms with E-state index in [1.54, 1.807) is 27.2 Å². The summed E-state index contributed by atoms with van der Waals surface area (Å²) in [6.45, 7) is 4.24. The van der Waals surface area contributed by atoms with Gasteiger partial charge in [0.2, 0.25) is 0 Å². The summed E-state index contributed by atoms with van der Waals surface area (Å²) in [4.78, 5) is 27.5. The van der Waals surface area contributed by atoms with Crippen molar-refractivity contribution in [2.24, 2.45) is 0 Å². The number of carbonyl (C=O) groups is 2. The van der Waals surface area contributed by atoms with Gasteiger partial charge in [0.05, 0.1) is 37.4 Å². The largest absolute Gasteiger partial charge is 1.00 e. The normalized spacial score (nSPS) is 19.7. The molecule has 9 nitrogen and oxygen atoms in total. The Hall–Kier alpha value is -1.90. The van der Waals surface area contributed by atoms with Gasteiger partial charge in [-0.05, 0) is 61.2 Å². The topological polar surface area (TPSA) is 112 Å². The van der Waals surface area contributed by atoms with Crippen LogP contribution in [0.2, 0.25) is 0 Å². The Morgan fingerprint density at radius 3 is 2.54 bits per heavy atom. The number of hydrogen-bond donors (Lipinski definition) is 1. The van der Waals surface area contributed by atoms with Gasteiger partial charge in [-0.2, -0.15) is 0 Å². The third-order valence-corrected chi connectivity index (χ3v) is 8.31. The number of ether oxygens (including phenoxy) is 3. The number of benzene rings is 2. The first-order chi connectivity index (χ1) is 19.2. The van der Waals surface area contributed by atoms with Crippen molar-refractivity contribution < 1.29 is 85.4 Å². The molecule has 1 amide bonds. The molecule has 0 bridgehead atoms. The number of carboxylic acid groups (broad SMARTS) is 1. The van der Waals surface area contributed by atoms with Gasteiger partial charge in [0.15, 0.2) is 18.3 Å². The first-order valence-electron chi connectivity index (χ1n) is 12.7. The molecule has 2 aliphatic heterocycles. The number of aliphatic hydroxyl groups excluding tert-OH is 1. The Kier molecular flexibility index (Phi) is 12.3. The van der Waals surface area contributed by atoms with Crippen molar-refractivity contribution in [1.29, 1.82) is 0 Å². The molecule has 3 aliphatic rings. The number of thioether (sulfide) groups is 1. The molecule has 0 radical (unpaired) electrons. The van der Waals surface area contributed by atoms with Crippen molar-refractivity contribution in [3.63, 3.8) is 0 Å². The fraction of sp³-hybridized carbons (Fsp3) is 0.345. The number of methoxy groups -OCH3 is 2. The van der Waals surface area contributed by atoms with Crippen LogP contribution in [0.25, 0.3) is 6.08 Å². The van der Waals surface area contributed by atoms with Gasteiger partial charge in [-0.3, -0.25) is 9.69 Å². The van der Waals surface area contributed by atoms with Gasteiger partial charge in [0.1, 0.15) is 4.32 Å². The summed E-state index contributed by atoms with van der Waals surface area (Å²) in [5, 5.41) is 18.9. The number of fused-ring (bicyclic) bond motifs is 3. The monoisotopic (exact) mass is 622 g/mol. The van der Waals surface area contributed by atoms with Crippen molar-refractivity contribution in [2.45, 2.75) is 38.1 Å². The van der Waals surface area contributed by atoms with Crippen LogP contribution in [-0.4, -0.2) is 59.8 Å². The second-order valence-electron chi connectivity index (χ2n) is 9.45. The quantitative estimate of drug-likeness (QED) is 0.150.